The largest absolute Gasteiger partial charge is 0.510 e. The highest BCUT2D eigenvalue weighted by atomic mass is 35.5. The van der Waals surface area contributed by atoms with Gasteiger partial charge < -0.3 is 15.2 Å². The highest BCUT2D eigenvalue weighted by Crippen LogP contribution is 2.07. The number of carbonyl (C=O) groups is 2. The molecule has 0 aliphatic carbocycles. The van der Waals surface area contributed by atoms with E-state index in [-0.39, 0.29) is 5.88 Å². The molecule has 3 N–H and O–H groups in total. The summed E-state index contributed by atoms with van der Waals surface area (Å²) >= 11 is 5.42. The molecule has 0 bridgehead atoms. The first-order valence-corrected chi connectivity index (χ1v) is 6.06. The number of alkyl halides is 1. The second-order valence-corrected chi connectivity index (χ2v) is 3.91. The fraction of sp³-hybridized carbons (Fsp3) is 0.154. The van der Waals surface area contributed by atoms with Crippen molar-refractivity contribution in [2.75, 3.05) is 13.0 Å². The van der Waals surface area contributed by atoms with Crippen molar-refractivity contribution < 1.29 is 19.4 Å². The fourth-order valence-electron chi connectivity index (χ4n) is 1.37. The van der Waals surface area contributed by atoms with Gasteiger partial charge in [0.2, 0.25) is 0 Å². The molecule has 0 saturated carbocycles. The number of halogens is 1. The van der Waals surface area contributed by atoms with Crippen LogP contribution in [-0.4, -0.2) is 35.8 Å². The van der Waals surface area contributed by atoms with Gasteiger partial charge in [0.25, 0.3) is 5.91 Å². The number of amides is 1. The molecular weight excluding hydrogens is 284 g/mol. The number of carbonyl (C=O) groups excluding carboxylic acids is 2. The molecule has 0 aromatic heterocycles. The molecule has 1 rings (SSSR count). The molecule has 1 amide bonds. The van der Waals surface area contributed by atoms with E-state index >= 15 is 0 Å². The number of esters is 1. The van der Waals surface area contributed by atoms with Crippen LogP contribution in [0, 0.1) is 5.41 Å². The molecule has 1 aromatic rings. The molecule has 0 atom stereocenters. The highest BCUT2D eigenvalue weighted by molar-refractivity contribution is 6.25. The molecule has 0 saturated heterocycles. The average molecular weight is 297 g/mol. The van der Waals surface area contributed by atoms with E-state index in [0.29, 0.717) is 5.56 Å². The summed E-state index contributed by atoms with van der Waals surface area (Å²) in [6.07, 6.45) is 0. The van der Waals surface area contributed by atoms with Crippen molar-refractivity contribution in [3.63, 3.8) is 0 Å². The SMILES string of the molecule is COC(=O)/C(C(=N)NC(=O)c1ccccc1)=C(/O)CCl. The van der Waals surface area contributed by atoms with Gasteiger partial charge in [-0.3, -0.25) is 10.2 Å². The predicted octanol–water partition coefficient (Wildman–Crippen LogP) is 1.62. The van der Waals surface area contributed by atoms with Gasteiger partial charge in [-0.2, -0.15) is 0 Å². The van der Waals surface area contributed by atoms with Crippen LogP contribution in [0.4, 0.5) is 0 Å². The van der Waals surface area contributed by atoms with E-state index in [9.17, 15) is 14.7 Å². The number of hydrogen-bond acceptors (Lipinski definition) is 5. The van der Waals surface area contributed by atoms with Crippen molar-refractivity contribution in [1.82, 2.24) is 5.32 Å². The molecule has 7 heteroatoms. The van der Waals surface area contributed by atoms with Crippen molar-refractivity contribution in [2.45, 2.75) is 0 Å². The second kappa shape index (κ2) is 7.30. The molecule has 0 heterocycles. The van der Waals surface area contributed by atoms with Crippen LogP contribution in [-0.2, 0) is 9.53 Å². The molecule has 20 heavy (non-hydrogen) atoms. The Bertz CT molecular complexity index is 555. The Balaban J connectivity index is 2.94. The number of aliphatic hydroxyl groups is 1. The summed E-state index contributed by atoms with van der Waals surface area (Å²) in [5.74, 6) is -3.05. The van der Waals surface area contributed by atoms with Gasteiger partial charge in [-0.15, -0.1) is 11.6 Å². The Hall–Kier alpha value is -2.34. The van der Waals surface area contributed by atoms with Crippen LogP contribution in [0.15, 0.2) is 41.7 Å². The maximum atomic E-state index is 11.8. The zero-order valence-corrected chi connectivity index (χ0v) is 11.4. The third-order valence-electron chi connectivity index (χ3n) is 2.33. The summed E-state index contributed by atoms with van der Waals surface area (Å²) in [6.45, 7) is 0. The monoisotopic (exact) mass is 296 g/mol. The van der Waals surface area contributed by atoms with Crippen molar-refractivity contribution >= 4 is 29.3 Å². The summed E-state index contributed by atoms with van der Waals surface area (Å²) < 4.78 is 4.44. The number of allylic oxidation sites excluding steroid dienone is 1. The van der Waals surface area contributed by atoms with Gasteiger partial charge >= 0.3 is 5.97 Å². The Labute approximate surface area is 120 Å². The number of aliphatic hydroxyl groups excluding tert-OH is 1. The quantitative estimate of drug-likeness (QED) is 0.196. The van der Waals surface area contributed by atoms with Crippen LogP contribution in [0.2, 0.25) is 0 Å². The van der Waals surface area contributed by atoms with E-state index in [1.807, 2.05) is 0 Å². The average Bonchev–Trinajstić information content (AvgIpc) is 2.47. The van der Waals surface area contributed by atoms with E-state index in [0.717, 1.165) is 7.11 Å². The lowest BCUT2D eigenvalue weighted by molar-refractivity contribution is -0.135. The van der Waals surface area contributed by atoms with Gasteiger partial charge in [-0.1, -0.05) is 18.2 Å². The number of hydrogen-bond donors (Lipinski definition) is 3. The Kier molecular flexibility index (Phi) is 5.74. The standard InChI is InChI=1S/C13H13ClN2O4/c1-20-13(19)10(9(17)7-14)11(15)16-12(18)8-5-3-2-4-6-8/h2-6,17H,7H2,1H3,(H2,15,16,18)/b10-9+. The highest BCUT2D eigenvalue weighted by Gasteiger charge is 2.22. The molecular formula is C13H13ClN2O4. The molecule has 0 aliphatic heterocycles. The predicted molar refractivity (Wildman–Crippen MR) is 74.0 cm³/mol. The molecule has 1 aromatic carbocycles. The molecule has 0 spiro atoms. The zero-order chi connectivity index (χ0) is 15.1. The van der Waals surface area contributed by atoms with E-state index in [4.69, 9.17) is 17.0 Å². The molecule has 106 valence electrons. The minimum atomic E-state index is -0.957. The van der Waals surface area contributed by atoms with Crippen LogP contribution in [0.1, 0.15) is 10.4 Å². The number of benzene rings is 1. The fourth-order valence-corrected chi connectivity index (χ4v) is 1.50. The van der Waals surface area contributed by atoms with Gasteiger partial charge in [0.05, 0.1) is 13.0 Å². The van der Waals surface area contributed by atoms with E-state index in [2.05, 4.69) is 10.1 Å². The van der Waals surface area contributed by atoms with Crippen molar-refractivity contribution in [1.29, 1.82) is 5.41 Å². The Morgan fingerprint density at radius 2 is 1.95 bits per heavy atom. The second-order valence-electron chi connectivity index (χ2n) is 3.64. The van der Waals surface area contributed by atoms with Crippen LogP contribution < -0.4 is 5.32 Å². The van der Waals surface area contributed by atoms with E-state index < -0.39 is 29.0 Å². The molecule has 0 aliphatic rings. The lowest BCUT2D eigenvalue weighted by Crippen LogP contribution is -2.34. The van der Waals surface area contributed by atoms with Crippen molar-refractivity contribution in [2.24, 2.45) is 0 Å². The Morgan fingerprint density at radius 1 is 1.35 bits per heavy atom. The number of methoxy groups -OCH3 is 1. The lowest BCUT2D eigenvalue weighted by Gasteiger charge is -2.10. The normalized spacial score (nSPS) is 11.3. The summed E-state index contributed by atoms with van der Waals surface area (Å²) in [4.78, 5) is 23.3. The minimum absolute atomic E-state index is 0.312. The third kappa shape index (κ3) is 3.83. The van der Waals surface area contributed by atoms with Crippen molar-refractivity contribution in [3.8, 4) is 0 Å². The lowest BCUT2D eigenvalue weighted by atomic mass is 10.1. The number of amidine groups is 1. The van der Waals surface area contributed by atoms with Gasteiger partial charge in [-0.25, -0.2) is 4.79 Å². The first-order chi connectivity index (χ1) is 9.51. The van der Waals surface area contributed by atoms with Crippen LogP contribution in [0.3, 0.4) is 0 Å². The van der Waals surface area contributed by atoms with Gasteiger partial charge in [0.1, 0.15) is 17.2 Å². The molecule has 6 nitrogen and oxygen atoms in total. The summed E-state index contributed by atoms with van der Waals surface area (Å²) in [6, 6.07) is 8.15. The molecule has 0 fully saturated rings. The number of rotatable bonds is 4. The van der Waals surface area contributed by atoms with Gasteiger partial charge in [-0.05, 0) is 12.1 Å². The number of nitrogens with one attached hydrogen (secondary N) is 2. The van der Waals surface area contributed by atoms with Gasteiger partial charge in [0, 0.05) is 5.56 Å². The minimum Gasteiger partial charge on any atom is -0.510 e. The summed E-state index contributed by atoms with van der Waals surface area (Å²) in [5.41, 5.74) is -0.168. The van der Waals surface area contributed by atoms with E-state index in [1.165, 1.54) is 0 Å². The first kappa shape index (κ1) is 15.7. The zero-order valence-electron chi connectivity index (χ0n) is 10.6. The Morgan fingerprint density at radius 3 is 2.45 bits per heavy atom. The summed E-state index contributed by atoms with van der Waals surface area (Å²) in [5, 5.41) is 19.4. The number of ether oxygens (including phenoxy) is 1. The van der Waals surface area contributed by atoms with E-state index in [1.54, 1.807) is 30.3 Å². The van der Waals surface area contributed by atoms with Crippen molar-refractivity contribution in [3.05, 3.63) is 47.2 Å². The summed E-state index contributed by atoms with van der Waals surface area (Å²) in [7, 11) is 1.09. The molecule has 0 unspecified atom stereocenters. The van der Waals surface area contributed by atoms with Gasteiger partial charge in [0.15, 0.2) is 0 Å². The smallest absolute Gasteiger partial charge is 0.345 e. The van der Waals surface area contributed by atoms with Crippen LogP contribution in [0.5, 0.6) is 0 Å². The third-order valence-corrected chi connectivity index (χ3v) is 2.58. The topological polar surface area (TPSA) is 99.5 Å². The van der Waals surface area contributed by atoms with Crippen LogP contribution in [0.25, 0.3) is 0 Å². The molecule has 0 radical (unpaired) electrons. The maximum Gasteiger partial charge on any atom is 0.345 e. The van der Waals surface area contributed by atoms with Crippen LogP contribution >= 0.6 is 11.6 Å². The first-order valence-electron chi connectivity index (χ1n) is 5.53. The maximum absolute atomic E-state index is 11.8.